The second-order valence-corrected chi connectivity index (χ2v) is 7.99. The molecule has 6 nitrogen and oxygen atoms in total. The number of hydrogen-bond donors (Lipinski definition) is 0. The van der Waals surface area contributed by atoms with Crippen molar-refractivity contribution in [2.24, 2.45) is 5.10 Å². The molecule has 1 fully saturated rings. The molecule has 3 heterocycles. The second kappa shape index (κ2) is 8.78. The zero-order valence-electron chi connectivity index (χ0n) is 18.3. The number of aromatic nitrogens is 1. The van der Waals surface area contributed by atoms with Crippen LogP contribution < -0.4 is 14.7 Å². The zero-order chi connectivity index (χ0) is 21.1. The highest BCUT2D eigenvalue weighted by atomic mass is 15.6. The van der Waals surface area contributed by atoms with Gasteiger partial charge in [0.15, 0.2) is 0 Å². The largest absolute Gasteiger partial charge is 0.368 e. The summed E-state index contributed by atoms with van der Waals surface area (Å²) in [7, 11) is 0. The maximum absolute atomic E-state index is 4.64. The minimum Gasteiger partial charge on any atom is -0.368 e. The van der Waals surface area contributed by atoms with Crippen molar-refractivity contribution in [3.05, 3.63) is 60.6 Å². The molecule has 0 spiro atoms. The molecule has 6 heteroatoms. The van der Waals surface area contributed by atoms with Crippen molar-refractivity contribution in [2.45, 2.75) is 39.7 Å². The van der Waals surface area contributed by atoms with Gasteiger partial charge in [-0.15, -0.1) is 0 Å². The highest BCUT2D eigenvalue weighted by Crippen LogP contribution is 2.28. The van der Waals surface area contributed by atoms with E-state index in [9.17, 15) is 0 Å². The number of piperazine rings is 1. The molecular formula is C24H32N6. The Balaban J connectivity index is 1.36. The van der Waals surface area contributed by atoms with Gasteiger partial charge in [0.25, 0.3) is 0 Å². The van der Waals surface area contributed by atoms with E-state index in [1.54, 1.807) is 0 Å². The van der Waals surface area contributed by atoms with Gasteiger partial charge in [0.2, 0.25) is 0 Å². The third kappa shape index (κ3) is 3.99. The van der Waals surface area contributed by atoms with Crippen molar-refractivity contribution < 1.29 is 0 Å². The first-order valence-electron chi connectivity index (χ1n) is 11.0. The summed E-state index contributed by atoms with van der Waals surface area (Å²) >= 11 is 0. The molecule has 158 valence electrons. The van der Waals surface area contributed by atoms with E-state index in [2.05, 4.69) is 88.5 Å². The number of hydrogen-bond acceptors (Lipinski definition) is 6. The molecule has 0 saturated carbocycles. The first kappa shape index (κ1) is 20.3. The van der Waals surface area contributed by atoms with E-state index in [1.807, 2.05) is 17.5 Å². The lowest BCUT2D eigenvalue weighted by atomic mass is 10.2. The summed E-state index contributed by atoms with van der Waals surface area (Å²) in [6.45, 7) is 14.7. The van der Waals surface area contributed by atoms with Crippen molar-refractivity contribution in [2.75, 3.05) is 40.9 Å². The maximum atomic E-state index is 4.64. The third-order valence-corrected chi connectivity index (χ3v) is 6.16. The van der Waals surface area contributed by atoms with E-state index in [-0.39, 0.29) is 0 Å². The standard InChI is InChI=1S/C24H32N6/c1-5-19(3)30-20(4)29(18-26-30)23-10-8-22(9-11-23)27-13-15-28(16-14-27)24-12-7-21(6-2)17-25-24/h7-12,17-19H,4-6,13-16H2,1-3H3. The Morgan fingerprint density at radius 1 is 0.933 bits per heavy atom. The lowest BCUT2D eigenvalue weighted by Gasteiger charge is -2.37. The number of anilines is 3. The van der Waals surface area contributed by atoms with Gasteiger partial charge in [0, 0.05) is 43.8 Å². The molecule has 0 amide bonds. The number of hydrazone groups is 1. The van der Waals surface area contributed by atoms with Crippen LogP contribution in [0.4, 0.5) is 17.2 Å². The van der Waals surface area contributed by atoms with Gasteiger partial charge in [-0.05, 0) is 55.7 Å². The molecule has 1 saturated heterocycles. The van der Waals surface area contributed by atoms with Crippen molar-refractivity contribution >= 4 is 23.5 Å². The van der Waals surface area contributed by atoms with Crippen LogP contribution >= 0.6 is 0 Å². The molecule has 2 aliphatic rings. The Labute approximate surface area is 180 Å². The number of benzene rings is 1. The van der Waals surface area contributed by atoms with Gasteiger partial charge in [0.1, 0.15) is 18.0 Å². The summed E-state index contributed by atoms with van der Waals surface area (Å²) in [5, 5.41) is 6.51. The van der Waals surface area contributed by atoms with Crippen LogP contribution in [0.25, 0.3) is 0 Å². The highest BCUT2D eigenvalue weighted by molar-refractivity contribution is 5.85. The van der Waals surface area contributed by atoms with E-state index < -0.39 is 0 Å². The van der Waals surface area contributed by atoms with E-state index in [4.69, 9.17) is 0 Å². The fourth-order valence-electron chi connectivity index (χ4n) is 3.94. The van der Waals surface area contributed by atoms with Gasteiger partial charge in [-0.1, -0.05) is 26.5 Å². The Morgan fingerprint density at radius 2 is 1.60 bits per heavy atom. The van der Waals surface area contributed by atoms with Crippen LogP contribution in [-0.2, 0) is 6.42 Å². The maximum Gasteiger partial charge on any atom is 0.128 e. The van der Waals surface area contributed by atoms with E-state index >= 15 is 0 Å². The van der Waals surface area contributed by atoms with Gasteiger partial charge in [-0.2, -0.15) is 5.10 Å². The average Bonchev–Trinajstić information content (AvgIpc) is 3.20. The lowest BCUT2D eigenvalue weighted by Crippen LogP contribution is -2.46. The molecule has 30 heavy (non-hydrogen) atoms. The van der Waals surface area contributed by atoms with E-state index in [1.165, 1.54) is 11.3 Å². The van der Waals surface area contributed by atoms with Crippen LogP contribution in [0.3, 0.4) is 0 Å². The van der Waals surface area contributed by atoms with Gasteiger partial charge < -0.3 is 9.80 Å². The topological polar surface area (TPSA) is 38.2 Å². The molecule has 0 bridgehead atoms. The molecule has 1 aromatic carbocycles. The van der Waals surface area contributed by atoms with Crippen LogP contribution in [0.15, 0.2) is 60.1 Å². The van der Waals surface area contributed by atoms with Crippen molar-refractivity contribution in [3.8, 4) is 0 Å². The predicted octanol–water partition coefficient (Wildman–Crippen LogP) is 4.31. The molecule has 1 unspecified atom stereocenters. The summed E-state index contributed by atoms with van der Waals surface area (Å²) < 4.78 is 0. The molecule has 0 aliphatic carbocycles. The third-order valence-electron chi connectivity index (χ3n) is 6.16. The lowest BCUT2D eigenvalue weighted by molar-refractivity contribution is 0.286. The van der Waals surface area contributed by atoms with Crippen LogP contribution in [0, 0.1) is 0 Å². The zero-order valence-corrected chi connectivity index (χ0v) is 18.3. The fourth-order valence-corrected chi connectivity index (χ4v) is 3.94. The number of pyridine rings is 1. The first-order chi connectivity index (χ1) is 14.6. The smallest absolute Gasteiger partial charge is 0.128 e. The molecule has 1 aromatic heterocycles. The summed E-state index contributed by atoms with van der Waals surface area (Å²) in [5.41, 5.74) is 3.64. The number of nitrogens with zero attached hydrogens (tertiary/aromatic N) is 6. The molecule has 1 atom stereocenters. The van der Waals surface area contributed by atoms with E-state index in [0.717, 1.165) is 56.3 Å². The number of aryl methyl sites for hydroxylation is 1. The fraction of sp³-hybridized carbons (Fsp3) is 0.417. The van der Waals surface area contributed by atoms with Crippen LogP contribution in [0.5, 0.6) is 0 Å². The van der Waals surface area contributed by atoms with Crippen LogP contribution in [-0.4, -0.2) is 48.6 Å². The normalized spacial score (nSPS) is 17.8. The summed E-state index contributed by atoms with van der Waals surface area (Å²) in [4.78, 5) is 11.5. The molecule has 2 aliphatic heterocycles. The quantitative estimate of drug-likeness (QED) is 0.717. The molecular weight excluding hydrogens is 372 g/mol. The SMILES string of the molecule is C=C1N(c2ccc(N3CCN(c4ccc(CC)cn4)CC3)cc2)C=NN1C(C)CC. The summed E-state index contributed by atoms with van der Waals surface area (Å²) in [6, 6.07) is 13.4. The minimum absolute atomic E-state index is 0.349. The molecule has 0 radical (unpaired) electrons. The minimum atomic E-state index is 0.349. The Kier molecular flexibility index (Phi) is 5.93. The summed E-state index contributed by atoms with van der Waals surface area (Å²) in [6.07, 6.45) is 5.92. The predicted molar refractivity (Wildman–Crippen MR) is 126 cm³/mol. The Morgan fingerprint density at radius 3 is 2.20 bits per heavy atom. The van der Waals surface area contributed by atoms with Crippen LogP contribution in [0.1, 0.15) is 32.8 Å². The Hall–Kier alpha value is -3.02. The second-order valence-electron chi connectivity index (χ2n) is 7.99. The van der Waals surface area contributed by atoms with Gasteiger partial charge >= 0.3 is 0 Å². The molecule has 0 N–H and O–H groups in total. The van der Waals surface area contributed by atoms with Gasteiger partial charge in [-0.3, -0.25) is 4.90 Å². The van der Waals surface area contributed by atoms with Crippen molar-refractivity contribution in [3.63, 3.8) is 0 Å². The average molecular weight is 405 g/mol. The van der Waals surface area contributed by atoms with Crippen molar-refractivity contribution in [1.82, 2.24) is 9.99 Å². The van der Waals surface area contributed by atoms with Crippen LogP contribution in [0.2, 0.25) is 0 Å². The Bertz CT molecular complexity index is 881. The molecule has 4 rings (SSSR count). The first-order valence-corrected chi connectivity index (χ1v) is 11.0. The summed E-state index contributed by atoms with van der Waals surface area (Å²) in [5.74, 6) is 1.99. The highest BCUT2D eigenvalue weighted by Gasteiger charge is 2.24. The molecule has 2 aromatic rings. The number of rotatable bonds is 6. The van der Waals surface area contributed by atoms with Gasteiger partial charge in [-0.25, -0.2) is 9.99 Å². The van der Waals surface area contributed by atoms with Crippen molar-refractivity contribution in [1.29, 1.82) is 0 Å². The monoisotopic (exact) mass is 404 g/mol. The van der Waals surface area contributed by atoms with E-state index in [0.29, 0.717) is 6.04 Å². The van der Waals surface area contributed by atoms with Gasteiger partial charge in [0.05, 0.1) is 6.04 Å².